The van der Waals surface area contributed by atoms with E-state index in [4.69, 9.17) is 11.6 Å². The number of anilines is 1. The molecule has 0 aliphatic heterocycles. The molecule has 21 heavy (non-hydrogen) atoms. The van der Waals surface area contributed by atoms with Crippen molar-refractivity contribution in [3.63, 3.8) is 0 Å². The van der Waals surface area contributed by atoms with Crippen molar-refractivity contribution in [3.8, 4) is 0 Å². The number of nitro benzene ring substituents is 1. The van der Waals surface area contributed by atoms with Crippen LogP contribution < -0.4 is 5.32 Å². The lowest BCUT2D eigenvalue weighted by Crippen LogP contribution is -2.12. The maximum absolute atomic E-state index is 12.2. The third-order valence-corrected chi connectivity index (χ3v) is 3.66. The Hall–Kier alpha value is -1.92. The van der Waals surface area contributed by atoms with Crippen molar-refractivity contribution in [2.75, 3.05) is 5.32 Å². The summed E-state index contributed by atoms with van der Waals surface area (Å²) in [6, 6.07) is 9.29. The van der Waals surface area contributed by atoms with Crippen LogP contribution in [0.2, 0.25) is 5.02 Å². The Labute approximate surface area is 134 Å². The van der Waals surface area contributed by atoms with Crippen LogP contribution in [0.15, 0.2) is 40.9 Å². The first kappa shape index (κ1) is 15.5. The molecule has 0 heterocycles. The highest BCUT2D eigenvalue weighted by molar-refractivity contribution is 9.10. The van der Waals surface area contributed by atoms with Crippen LogP contribution in [0.1, 0.15) is 15.9 Å². The Morgan fingerprint density at radius 1 is 1.29 bits per heavy atom. The first-order valence-electron chi connectivity index (χ1n) is 5.90. The molecule has 2 aromatic rings. The predicted octanol–water partition coefficient (Wildman–Crippen LogP) is 4.57. The molecule has 0 bridgehead atoms. The van der Waals surface area contributed by atoms with Gasteiger partial charge >= 0.3 is 0 Å². The van der Waals surface area contributed by atoms with Gasteiger partial charge in [0.05, 0.1) is 15.6 Å². The summed E-state index contributed by atoms with van der Waals surface area (Å²) in [6.07, 6.45) is 0. The minimum Gasteiger partial charge on any atom is -0.321 e. The molecule has 108 valence electrons. The molecule has 0 aliphatic carbocycles. The highest BCUT2D eigenvalue weighted by Crippen LogP contribution is 2.26. The SMILES string of the molecule is Cc1cc(C(=O)Nc2cc(Br)ccc2Cl)ccc1[N+](=O)[O-]. The average molecular weight is 370 g/mol. The van der Waals surface area contributed by atoms with Gasteiger partial charge in [0.25, 0.3) is 11.6 Å². The number of carbonyl (C=O) groups excluding carboxylic acids is 1. The number of amides is 1. The van der Waals surface area contributed by atoms with Gasteiger partial charge in [-0.25, -0.2) is 0 Å². The van der Waals surface area contributed by atoms with Gasteiger partial charge in [0.2, 0.25) is 0 Å². The second-order valence-corrected chi connectivity index (χ2v) is 5.66. The Morgan fingerprint density at radius 2 is 2.00 bits per heavy atom. The Kier molecular flexibility index (Phi) is 4.59. The molecular formula is C14H10BrClN2O3. The van der Waals surface area contributed by atoms with Crippen molar-refractivity contribution in [3.05, 3.63) is 67.1 Å². The van der Waals surface area contributed by atoms with Gasteiger partial charge in [0.15, 0.2) is 0 Å². The molecule has 0 saturated heterocycles. The van der Waals surface area contributed by atoms with Crippen molar-refractivity contribution < 1.29 is 9.72 Å². The van der Waals surface area contributed by atoms with E-state index in [-0.39, 0.29) is 11.6 Å². The fraction of sp³-hybridized carbons (Fsp3) is 0.0714. The van der Waals surface area contributed by atoms with Crippen LogP contribution >= 0.6 is 27.5 Å². The van der Waals surface area contributed by atoms with Crippen molar-refractivity contribution >= 4 is 44.8 Å². The lowest BCUT2D eigenvalue weighted by Gasteiger charge is -2.08. The summed E-state index contributed by atoms with van der Waals surface area (Å²) in [5.41, 5.74) is 1.20. The third kappa shape index (κ3) is 3.59. The van der Waals surface area contributed by atoms with Gasteiger partial charge in [-0.15, -0.1) is 0 Å². The monoisotopic (exact) mass is 368 g/mol. The molecule has 2 aromatic carbocycles. The molecule has 0 radical (unpaired) electrons. The van der Waals surface area contributed by atoms with Gasteiger partial charge in [-0.1, -0.05) is 27.5 Å². The zero-order chi connectivity index (χ0) is 15.6. The lowest BCUT2D eigenvalue weighted by atomic mass is 10.1. The van der Waals surface area contributed by atoms with E-state index >= 15 is 0 Å². The topological polar surface area (TPSA) is 72.2 Å². The van der Waals surface area contributed by atoms with E-state index in [0.717, 1.165) is 4.47 Å². The summed E-state index contributed by atoms with van der Waals surface area (Å²) in [4.78, 5) is 22.4. The number of nitro groups is 1. The van der Waals surface area contributed by atoms with E-state index < -0.39 is 4.92 Å². The smallest absolute Gasteiger partial charge is 0.272 e. The molecule has 0 spiro atoms. The fourth-order valence-corrected chi connectivity index (χ4v) is 2.32. The first-order valence-corrected chi connectivity index (χ1v) is 7.07. The highest BCUT2D eigenvalue weighted by Gasteiger charge is 2.14. The zero-order valence-corrected chi connectivity index (χ0v) is 13.2. The molecule has 5 nitrogen and oxygen atoms in total. The van der Waals surface area contributed by atoms with Gasteiger partial charge in [0.1, 0.15) is 0 Å². The van der Waals surface area contributed by atoms with Crippen LogP contribution in [-0.2, 0) is 0 Å². The minimum atomic E-state index is -0.484. The second-order valence-electron chi connectivity index (χ2n) is 4.34. The number of benzene rings is 2. The summed E-state index contributed by atoms with van der Waals surface area (Å²) in [5, 5.41) is 13.8. The van der Waals surface area contributed by atoms with Crippen LogP contribution in [0.5, 0.6) is 0 Å². The fourth-order valence-electron chi connectivity index (χ4n) is 1.79. The van der Waals surface area contributed by atoms with E-state index in [2.05, 4.69) is 21.2 Å². The number of nitrogens with one attached hydrogen (secondary N) is 1. The molecule has 1 amide bonds. The average Bonchev–Trinajstić information content (AvgIpc) is 2.42. The third-order valence-electron chi connectivity index (χ3n) is 2.83. The lowest BCUT2D eigenvalue weighted by molar-refractivity contribution is -0.385. The summed E-state index contributed by atoms with van der Waals surface area (Å²) in [5.74, 6) is -0.381. The van der Waals surface area contributed by atoms with E-state index in [0.29, 0.717) is 21.8 Å². The summed E-state index contributed by atoms with van der Waals surface area (Å²) < 4.78 is 0.780. The van der Waals surface area contributed by atoms with Crippen LogP contribution in [0.3, 0.4) is 0 Å². The van der Waals surface area contributed by atoms with Gasteiger partial charge in [0, 0.05) is 21.7 Å². The van der Waals surface area contributed by atoms with Crippen molar-refractivity contribution in [2.45, 2.75) is 6.92 Å². The molecular weight excluding hydrogens is 360 g/mol. The van der Waals surface area contributed by atoms with E-state index in [9.17, 15) is 14.9 Å². The molecule has 0 aliphatic rings. The zero-order valence-electron chi connectivity index (χ0n) is 10.9. The minimum absolute atomic E-state index is 0.0213. The Bertz CT molecular complexity index is 734. The molecule has 2 rings (SSSR count). The van der Waals surface area contributed by atoms with Crippen molar-refractivity contribution in [1.82, 2.24) is 0 Å². The van der Waals surface area contributed by atoms with E-state index in [1.807, 2.05) is 0 Å². The van der Waals surface area contributed by atoms with Gasteiger partial charge in [-0.2, -0.15) is 0 Å². The normalized spacial score (nSPS) is 10.2. The van der Waals surface area contributed by atoms with Gasteiger partial charge < -0.3 is 5.32 Å². The molecule has 0 unspecified atom stereocenters. The number of aryl methyl sites for hydroxylation is 1. The second kappa shape index (κ2) is 6.24. The molecule has 0 atom stereocenters. The maximum Gasteiger partial charge on any atom is 0.272 e. The standard InChI is InChI=1S/C14H10BrClN2O3/c1-8-6-9(2-5-13(8)18(20)21)14(19)17-12-7-10(15)3-4-11(12)16/h2-7H,1H3,(H,17,19). The predicted molar refractivity (Wildman–Crippen MR) is 84.9 cm³/mol. The number of hydrogen-bond donors (Lipinski definition) is 1. The van der Waals surface area contributed by atoms with Crippen LogP contribution in [0.4, 0.5) is 11.4 Å². The maximum atomic E-state index is 12.2. The molecule has 7 heteroatoms. The first-order chi connectivity index (χ1) is 9.88. The molecule has 0 fully saturated rings. The number of carbonyl (C=O) groups is 1. The molecule has 0 saturated carbocycles. The van der Waals surface area contributed by atoms with E-state index in [1.54, 1.807) is 25.1 Å². The van der Waals surface area contributed by atoms with Crippen LogP contribution in [0.25, 0.3) is 0 Å². The summed E-state index contributed by atoms with van der Waals surface area (Å²) in [6.45, 7) is 1.58. The van der Waals surface area contributed by atoms with Crippen LogP contribution in [0, 0.1) is 17.0 Å². The molecule has 1 N–H and O–H groups in total. The van der Waals surface area contributed by atoms with Gasteiger partial charge in [-0.05, 0) is 37.3 Å². The number of hydrogen-bond acceptors (Lipinski definition) is 3. The molecule has 0 aromatic heterocycles. The van der Waals surface area contributed by atoms with Crippen molar-refractivity contribution in [2.24, 2.45) is 0 Å². The summed E-state index contributed by atoms with van der Waals surface area (Å²) in [7, 11) is 0. The number of halogens is 2. The highest BCUT2D eigenvalue weighted by atomic mass is 79.9. The quantitative estimate of drug-likeness (QED) is 0.636. The Balaban J connectivity index is 2.26. The number of nitrogens with zero attached hydrogens (tertiary/aromatic N) is 1. The largest absolute Gasteiger partial charge is 0.321 e. The van der Waals surface area contributed by atoms with Gasteiger partial charge in [-0.3, -0.25) is 14.9 Å². The Morgan fingerprint density at radius 3 is 2.62 bits per heavy atom. The van der Waals surface area contributed by atoms with E-state index in [1.165, 1.54) is 18.2 Å². The van der Waals surface area contributed by atoms with Crippen LogP contribution in [-0.4, -0.2) is 10.8 Å². The van der Waals surface area contributed by atoms with Crippen molar-refractivity contribution in [1.29, 1.82) is 0 Å². The summed E-state index contributed by atoms with van der Waals surface area (Å²) >= 11 is 9.30. The number of rotatable bonds is 3.